The number of carboxylic acids is 1. The predicted octanol–water partition coefficient (Wildman–Crippen LogP) is 2.59. The summed E-state index contributed by atoms with van der Waals surface area (Å²) in [7, 11) is 0. The van der Waals surface area contributed by atoms with Gasteiger partial charge in [-0.15, -0.1) is 0 Å². The summed E-state index contributed by atoms with van der Waals surface area (Å²) in [5.74, 6) is -2.36. The third-order valence-electron chi connectivity index (χ3n) is 3.45. The number of hydrogen-bond donors (Lipinski definition) is 3. The molecule has 0 spiro atoms. The molecule has 3 rings (SSSR count). The Morgan fingerprint density at radius 2 is 1.90 bits per heavy atom. The Balaban J connectivity index is 0.000000396. The minimum Gasteiger partial charge on any atom is -0.475 e. The first-order valence-corrected chi connectivity index (χ1v) is 7.88. The van der Waals surface area contributed by atoms with Crippen LogP contribution >= 0.6 is 0 Å². The molecule has 3 aromatic rings. The number of fused-ring (bicyclic) bond motifs is 1. The molecule has 0 saturated heterocycles. The van der Waals surface area contributed by atoms with Gasteiger partial charge in [0, 0.05) is 5.56 Å². The number of H-pyrrole nitrogens is 1. The van der Waals surface area contributed by atoms with Gasteiger partial charge in [0.25, 0.3) is 5.89 Å². The number of imidazole rings is 1. The number of rotatable bonds is 3. The molecule has 0 amide bonds. The van der Waals surface area contributed by atoms with Crippen LogP contribution in [0.15, 0.2) is 27.5 Å². The SMILES string of the molecule is CC(N)c1noc(-c2ccc3[nH]c(=O)n(CC(F)(F)F)c3c2)n1.O=C(O)C(F)(F)F. The zero-order valence-electron chi connectivity index (χ0n) is 14.9. The fourth-order valence-corrected chi connectivity index (χ4v) is 2.16. The number of nitrogens with two attached hydrogens (primary N) is 1. The van der Waals surface area contributed by atoms with E-state index < -0.39 is 36.6 Å². The van der Waals surface area contributed by atoms with E-state index in [4.69, 9.17) is 20.2 Å². The molecule has 1 unspecified atom stereocenters. The third kappa shape index (κ3) is 5.59. The number of carboxylic acid groups (broad SMARTS) is 1. The van der Waals surface area contributed by atoms with Crippen molar-refractivity contribution in [2.45, 2.75) is 31.9 Å². The summed E-state index contributed by atoms with van der Waals surface area (Å²) < 4.78 is 75.2. The monoisotopic (exact) mass is 441 g/mol. The van der Waals surface area contributed by atoms with Crippen molar-refractivity contribution < 1.29 is 40.8 Å². The molecule has 15 heteroatoms. The van der Waals surface area contributed by atoms with Crippen LogP contribution in [0.4, 0.5) is 26.3 Å². The van der Waals surface area contributed by atoms with Crippen LogP contribution in [0.3, 0.4) is 0 Å². The summed E-state index contributed by atoms with van der Waals surface area (Å²) >= 11 is 0. The largest absolute Gasteiger partial charge is 0.490 e. The standard InChI is InChI=1S/C13H12F3N5O2.C2HF3O2/c1-6(17)10-19-11(23-20-10)7-2-3-8-9(4-7)21(12(22)18-8)5-13(14,15)16;3-2(4,5)1(6)7/h2-4,6H,5,17H2,1H3,(H,18,22);(H,6,7). The number of hydrogen-bond acceptors (Lipinski definition) is 6. The maximum atomic E-state index is 12.6. The predicted molar refractivity (Wildman–Crippen MR) is 88.2 cm³/mol. The number of nitrogens with zero attached hydrogens (tertiary/aromatic N) is 3. The number of nitrogens with one attached hydrogen (secondary N) is 1. The number of aliphatic carboxylic acids is 1. The van der Waals surface area contributed by atoms with Crippen LogP contribution in [0.1, 0.15) is 18.8 Å². The number of aromatic amines is 1. The lowest BCUT2D eigenvalue weighted by molar-refractivity contribution is -0.192. The van der Waals surface area contributed by atoms with Crippen molar-refractivity contribution in [1.29, 1.82) is 0 Å². The first-order chi connectivity index (χ1) is 13.7. The van der Waals surface area contributed by atoms with Crippen molar-refractivity contribution in [3.8, 4) is 11.5 Å². The molecular formula is C15H13F6N5O4. The highest BCUT2D eigenvalue weighted by atomic mass is 19.4. The lowest BCUT2D eigenvalue weighted by Gasteiger charge is -2.07. The lowest BCUT2D eigenvalue weighted by atomic mass is 10.2. The highest BCUT2D eigenvalue weighted by molar-refractivity contribution is 5.80. The van der Waals surface area contributed by atoms with Gasteiger partial charge in [0.15, 0.2) is 5.82 Å². The normalized spacial score (nSPS) is 13.1. The average molecular weight is 441 g/mol. The zero-order chi connectivity index (χ0) is 22.9. The molecule has 4 N–H and O–H groups in total. The van der Waals surface area contributed by atoms with Gasteiger partial charge in [0.1, 0.15) is 6.54 Å². The van der Waals surface area contributed by atoms with Gasteiger partial charge in [-0.2, -0.15) is 31.3 Å². The van der Waals surface area contributed by atoms with E-state index in [9.17, 15) is 31.1 Å². The van der Waals surface area contributed by atoms with Gasteiger partial charge < -0.3 is 20.3 Å². The molecule has 2 aromatic heterocycles. The van der Waals surface area contributed by atoms with Crippen molar-refractivity contribution in [1.82, 2.24) is 19.7 Å². The molecule has 0 saturated carbocycles. The summed E-state index contributed by atoms with van der Waals surface area (Å²) in [4.78, 5) is 27.0. The Kier molecular flexibility index (Phi) is 6.25. The van der Waals surface area contributed by atoms with E-state index >= 15 is 0 Å². The number of carbonyl (C=O) groups is 1. The summed E-state index contributed by atoms with van der Waals surface area (Å²) in [6, 6.07) is 3.99. The second-order valence-corrected chi connectivity index (χ2v) is 5.91. The highest BCUT2D eigenvalue weighted by Crippen LogP contribution is 2.25. The summed E-state index contributed by atoms with van der Waals surface area (Å²) in [5, 5.41) is 10.8. The Bertz CT molecular complexity index is 1100. The van der Waals surface area contributed by atoms with Crippen LogP contribution in [0, 0.1) is 0 Å². The molecule has 164 valence electrons. The molecule has 2 heterocycles. The van der Waals surface area contributed by atoms with Gasteiger partial charge in [-0.05, 0) is 25.1 Å². The van der Waals surface area contributed by atoms with Gasteiger partial charge in [-0.25, -0.2) is 9.59 Å². The van der Waals surface area contributed by atoms with Crippen LogP contribution in [0.25, 0.3) is 22.5 Å². The highest BCUT2D eigenvalue weighted by Gasteiger charge is 2.38. The fourth-order valence-electron chi connectivity index (χ4n) is 2.16. The summed E-state index contributed by atoms with van der Waals surface area (Å²) in [6.07, 6.45) is -9.60. The molecule has 1 aromatic carbocycles. The molecular weight excluding hydrogens is 428 g/mol. The van der Waals surface area contributed by atoms with Gasteiger partial charge in [0.2, 0.25) is 0 Å². The summed E-state index contributed by atoms with van der Waals surface area (Å²) in [5.41, 5.74) is 5.58. The van der Waals surface area contributed by atoms with Gasteiger partial charge in [0.05, 0.1) is 17.1 Å². The van der Waals surface area contributed by atoms with Crippen LogP contribution in [0.2, 0.25) is 0 Å². The summed E-state index contributed by atoms with van der Waals surface area (Å²) in [6.45, 7) is 0.287. The molecule has 0 aliphatic carbocycles. The van der Waals surface area contributed by atoms with E-state index in [1.165, 1.54) is 12.1 Å². The van der Waals surface area contributed by atoms with Gasteiger partial charge >= 0.3 is 24.0 Å². The van der Waals surface area contributed by atoms with Crippen LogP contribution in [0.5, 0.6) is 0 Å². The number of halogens is 6. The number of alkyl halides is 6. The number of aromatic nitrogens is 4. The van der Waals surface area contributed by atoms with E-state index in [1.807, 2.05) is 0 Å². The minimum absolute atomic E-state index is 0.102. The molecule has 1 atom stereocenters. The van der Waals surface area contributed by atoms with Crippen molar-refractivity contribution in [3.05, 3.63) is 34.5 Å². The molecule has 0 bridgehead atoms. The van der Waals surface area contributed by atoms with E-state index in [0.29, 0.717) is 10.1 Å². The second-order valence-electron chi connectivity index (χ2n) is 5.91. The molecule has 0 aliphatic rings. The molecule has 0 radical (unpaired) electrons. The molecule has 9 nitrogen and oxygen atoms in total. The van der Waals surface area contributed by atoms with Crippen LogP contribution in [-0.2, 0) is 11.3 Å². The van der Waals surface area contributed by atoms with Crippen molar-refractivity contribution in [3.63, 3.8) is 0 Å². The zero-order valence-corrected chi connectivity index (χ0v) is 14.9. The van der Waals surface area contributed by atoms with E-state index in [0.717, 1.165) is 0 Å². The smallest absolute Gasteiger partial charge is 0.475 e. The Morgan fingerprint density at radius 3 is 2.37 bits per heavy atom. The van der Waals surface area contributed by atoms with Gasteiger partial charge in [-0.3, -0.25) is 4.57 Å². The van der Waals surface area contributed by atoms with E-state index in [1.54, 1.807) is 13.0 Å². The molecule has 30 heavy (non-hydrogen) atoms. The minimum atomic E-state index is -5.08. The average Bonchev–Trinajstić information content (AvgIpc) is 3.19. The van der Waals surface area contributed by atoms with Crippen LogP contribution in [-0.4, -0.2) is 43.1 Å². The Hall–Kier alpha value is -3.36. The lowest BCUT2D eigenvalue weighted by Crippen LogP contribution is -2.26. The maximum Gasteiger partial charge on any atom is 0.490 e. The Labute approximate surface area is 162 Å². The van der Waals surface area contributed by atoms with Crippen LogP contribution < -0.4 is 11.4 Å². The van der Waals surface area contributed by atoms with E-state index in [2.05, 4.69) is 15.1 Å². The molecule has 0 fully saturated rings. The first kappa shape index (κ1) is 22.9. The first-order valence-electron chi connectivity index (χ1n) is 7.88. The maximum absolute atomic E-state index is 12.6. The fraction of sp³-hybridized carbons (Fsp3) is 0.333. The van der Waals surface area contributed by atoms with Crippen molar-refractivity contribution in [2.24, 2.45) is 5.73 Å². The van der Waals surface area contributed by atoms with Crippen molar-refractivity contribution >= 4 is 17.0 Å². The van der Waals surface area contributed by atoms with Gasteiger partial charge in [-0.1, -0.05) is 5.16 Å². The topological polar surface area (TPSA) is 140 Å². The third-order valence-corrected chi connectivity index (χ3v) is 3.45. The number of benzene rings is 1. The Morgan fingerprint density at radius 1 is 1.30 bits per heavy atom. The van der Waals surface area contributed by atoms with E-state index in [-0.39, 0.29) is 22.7 Å². The second kappa shape index (κ2) is 8.17. The molecule has 0 aliphatic heterocycles. The quantitative estimate of drug-likeness (QED) is 0.531. The van der Waals surface area contributed by atoms with Crippen molar-refractivity contribution in [2.75, 3.05) is 0 Å².